The molecule has 0 aromatic heterocycles. The quantitative estimate of drug-likeness (QED) is 0.871. The minimum absolute atomic E-state index is 0.408. The lowest BCUT2D eigenvalue weighted by Crippen LogP contribution is -2.22. The van der Waals surface area contributed by atoms with Gasteiger partial charge in [0.2, 0.25) is 0 Å². The zero-order chi connectivity index (χ0) is 14.5. The van der Waals surface area contributed by atoms with Crippen LogP contribution in [-0.2, 0) is 9.53 Å². The summed E-state index contributed by atoms with van der Waals surface area (Å²) in [6, 6.07) is 11.9. The molecular weight excluding hydrogens is 281 g/mol. The molecule has 1 atom stereocenters. The Morgan fingerprint density at radius 3 is 2.55 bits per heavy atom. The van der Waals surface area contributed by atoms with Crippen LogP contribution in [0.5, 0.6) is 0 Å². The molecule has 0 bridgehead atoms. The molecular formula is C15H13ClFNO2. The maximum Gasteiger partial charge on any atom is 0.332 e. The molecule has 3 nitrogen and oxygen atoms in total. The molecule has 0 fully saturated rings. The number of esters is 1. The summed E-state index contributed by atoms with van der Waals surface area (Å²) in [6.07, 6.45) is 0. The van der Waals surface area contributed by atoms with Crippen LogP contribution in [0.3, 0.4) is 0 Å². The number of ether oxygens (including phenoxy) is 1. The summed E-state index contributed by atoms with van der Waals surface area (Å²) in [7, 11) is 1.29. The van der Waals surface area contributed by atoms with E-state index in [0.29, 0.717) is 16.3 Å². The van der Waals surface area contributed by atoms with Crippen molar-refractivity contribution in [3.63, 3.8) is 0 Å². The molecule has 0 amide bonds. The van der Waals surface area contributed by atoms with Crippen LogP contribution in [0.25, 0.3) is 0 Å². The monoisotopic (exact) mass is 293 g/mol. The van der Waals surface area contributed by atoms with Gasteiger partial charge in [-0.3, -0.25) is 0 Å². The van der Waals surface area contributed by atoms with Gasteiger partial charge in [-0.25, -0.2) is 9.18 Å². The first-order valence-corrected chi connectivity index (χ1v) is 6.33. The normalized spacial score (nSPS) is 11.8. The third-order valence-electron chi connectivity index (χ3n) is 2.77. The van der Waals surface area contributed by atoms with E-state index in [1.807, 2.05) is 0 Å². The highest BCUT2D eigenvalue weighted by atomic mass is 35.5. The molecule has 0 aliphatic heterocycles. The maximum atomic E-state index is 13.3. The van der Waals surface area contributed by atoms with Crippen LogP contribution < -0.4 is 5.32 Å². The van der Waals surface area contributed by atoms with Crippen LogP contribution in [-0.4, -0.2) is 13.1 Å². The molecule has 0 saturated carbocycles. The number of anilines is 1. The van der Waals surface area contributed by atoms with Crippen molar-refractivity contribution in [2.45, 2.75) is 6.04 Å². The Bertz CT molecular complexity index is 601. The minimum atomic E-state index is -0.781. The Hall–Kier alpha value is -2.07. The molecule has 0 heterocycles. The number of carbonyl (C=O) groups is 1. The summed E-state index contributed by atoms with van der Waals surface area (Å²) in [5.74, 6) is -0.903. The molecule has 104 valence electrons. The van der Waals surface area contributed by atoms with Gasteiger partial charge in [0.15, 0.2) is 6.04 Å². The molecule has 20 heavy (non-hydrogen) atoms. The lowest BCUT2D eigenvalue weighted by Gasteiger charge is -2.18. The van der Waals surface area contributed by atoms with Gasteiger partial charge < -0.3 is 10.1 Å². The summed E-state index contributed by atoms with van der Waals surface area (Å²) in [5, 5.41) is 3.59. The van der Waals surface area contributed by atoms with E-state index in [1.165, 1.54) is 19.2 Å². The average Bonchev–Trinajstić information content (AvgIpc) is 2.46. The van der Waals surface area contributed by atoms with Crippen molar-refractivity contribution >= 4 is 23.3 Å². The van der Waals surface area contributed by atoms with Crippen molar-refractivity contribution in [2.75, 3.05) is 12.4 Å². The van der Waals surface area contributed by atoms with Gasteiger partial charge in [0.1, 0.15) is 5.82 Å². The maximum absolute atomic E-state index is 13.3. The SMILES string of the molecule is COC(=O)C(Nc1ccc(Cl)cc1)c1cccc(F)c1. The van der Waals surface area contributed by atoms with E-state index in [-0.39, 0.29) is 0 Å². The van der Waals surface area contributed by atoms with Gasteiger partial charge in [-0.1, -0.05) is 23.7 Å². The van der Waals surface area contributed by atoms with Gasteiger partial charge in [0, 0.05) is 10.7 Å². The fourth-order valence-corrected chi connectivity index (χ4v) is 1.92. The second-order valence-electron chi connectivity index (χ2n) is 4.16. The predicted octanol–water partition coefficient (Wildman–Crippen LogP) is 3.81. The van der Waals surface area contributed by atoms with E-state index in [0.717, 1.165) is 0 Å². The lowest BCUT2D eigenvalue weighted by molar-refractivity contribution is -0.141. The van der Waals surface area contributed by atoms with Crippen molar-refractivity contribution in [3.8, 4) is 0 Å². The van der Waals surface area contributed by atoms with Crippen molar-refractivity contribution in [3.05, 3.63) is 64.9 Å². The summed E-state index contributed by atoms with van der Waals surface area (Å²) in [4.78, 5) is 11.9. The second kappa shape index (κ2) is 6.39. The number of nitrogens with one attached hydrogen (secondary N) is 1. The fraction of sp³-hybridized carbons (Fsp3) is 0.133. The zero-order valence-electron chi connectivity index (χ0n) is 10.8. The van der Waals surface area contributed by atoms with Crippen LogP contribution >= 0.6 is 11.6 Å². The number of hydrogen-bond donors (Lipinski definition) is 1. The topological polar surface area (TPSA) is 38.3 Å². The highest BCUT2D eigenvalue weighted by molar-refractivity contribution is 6.30. The zero-order valence-corrected chi connectivity index (χ0v) is 11.5. The van der Waals surface area contributed by atoms with Gasteiger partial charge in [0.25, 0.3) is 0 Å². The third kappa shape index (κ3) is 3.48. The number of rotatable bonds is 4. The number of benzene rings is 2. The minimum Gasteiger partial charge on any atom is -0.467 e. The van der Waals surface area contributed by atoms with Crippen LogP contribution in [0, 0.1) is 5.82 Å². The summed E-state index contributed by atoms with van der Waals surface area (Å²) < 4.78 is 18.0. The number of halogens is 2. The van der Waals surface area contributed by atoms with Crippen LogP contribution in [0.15, 0.2) is 48.5 Å². The fourth-order valence-electron chi connectivity index (χ4n) is 1.80. The first-order chi connectivity index (χ1) is 9.60. The Balaban J connectivity index is 2.28. The van der Waals surface area contributed by atoms with Gasteiger partial charge >= 0.3 is 5.97 Å². The molecule has 1 N–H and O–H groups in total. The Labute approximate surface area is 121 Å². The molecule has 0 aliphatic carbocycles. The van der Waals surface area contributed by atoms with Crippen LogP contribution in [0.1, 0.15) is 11.6 Å². The van der Waals surface area contributed by atoms with Gasteiger partial charge in [0.05, 0.1) is 7.11 Å². The molecule has 2 rings (SSSR count). The molecule has 0 saturated heterocycles. The van der Waals surface area contributed by atoms with Crippen molar-refractivity contribution < 1.29 is 13.9 Å². The largest absolute Gasteiger partial charge is 0.467 e. The average molecular weight is 294 g/mol. The van der Waals surface area contributed by atoms with E-state index < -0.39 is 17.8 Å². The molecule has 5 heteroatoms. The van der Waals surface area contributed by atoms with Gasteiger partial charge in [-0.2, -0.15) is 0 Å². The van der Waals surface area contributed by atoms with Crippen molar-refractivity contribution in [1.29, 1.82) is 0 Å². The Kier molecular flexibility index (Phi) is 4.58. The van der Waals surface area contributed by atoms with E-state index in [4.69, 9.17) is 16.3 Å². The van der Waals surface area contributed by atoms with E-state index >= 15 is 0 Å². The number of hydrogen-bond acceptors (Lipinski definition) is 3. The highest BCUT2D eigenvalue weighted by Gasteiger charge is 2.21. The first kappa shape index (κ1) is 14.3. The standard InChI is InChI=1S/C15H13ClFNO2/c1-20-15(19)14(10-3-2-4-12(17)9-10)18-13-7-5-11(16)6-8-13/h2-9,14,18H,1H3. The van der Waals surface area contributed by atoms with Crippen molar-refractivity contribution in [2.24, 2.45) is 0 Å². The molecule has 1 unspecified atom stereocenters. The van der Waals surface area contributed by atoms with Gasteiger partial charge in [-0.15, -0.1) is 0 Å². The van der Waals surface area contributed by atoms with Crippen LogP contribution in [0.4, 0.5) is 10.1 Å². The number of carbonyl (C=O) groups excluding carboxylic acids is 1. The second-order valence-corrected chi connectivity index (χ2v) is 4.60. The van der Waals surface area contributed by atoms with Gasteiger partial charge in [-0.05, 0) is 42.0 Å². The highest BCUT2D eigenvalue weighted by Crippen LogP contribution is 2.22. The Morgan fingerprint density at radius 2 is 1.95 bits per heavy atom. The molecule has 0 aliphatic rings. The Morgan fingerprint density at radius 1 is 1.25 bits per heavy atom. The lowest BCUT2D eigenvalue weighted by atomic mass is 10.1. The molecule has 0 radical (unpaired) electrons. The summed E-state index contributed by atoms with van der Waals surface area (Å²) in [5.41, 5.74) is 1.18. The molecule has 0 spiro atoms. The smallest absolute Gasteiger partial charge is 0.332 e. The van der Waals surface area contributed by atoms with Crippen molar-refractivity contribution in [1.82, 2.24) is 0 Å². The summed E-state index contributed by atoms with van der Waals surface area (Å²) in [6.45, 7) is 0. The third-order valence-corrected chi connectivity index (χ3v) is 3.03. The molecule has 2 aromatic rings. The molecule has 2 aromatic carbocycles. The van der Waals surface area contributed by atoms with E-state index in [2.05, 4.69) is 5.32 Å². The van der Waals surface area contributed by atoms with E-state index in [9.17, 15) is 9.18 Å². The summed E-state index contributed by atoms with van der Waals surface area (Å²) >= 11 is 5.81. The first-order valence-electron chi connectivity index (χ1n) is 5.95. The number of methoxy groups -OCH3 is 1. The van der Waals surface area contributed by atoms with E-state index in [1.54, 1.807) is 36.4 Å². The predicted molar refractivity (Wildman–Crippen MR) is 76.2 cm³/mol. The van der Waals surface area contributed by atoms with Crippen LogP contribution in [0.2, 0.25) is 5.02 Å².